The lowest BCUT2D eigenvalue weighted by molar-refractivity contribution is 0.113. The number of benzene rings is 1. The number of hydrogen-bond donors (Lipinski definition) is 2. The predicted octanol–water partition coefficient (Wildman–Crippen LogP) is 3.17. The quantitative estimate of drug-likeness (QED) is 0.869. The molecule has 0 bridgehead atoms. The Labute approximate surface area is 145 Å². The van der Waals surface area contributed by atoms with Crippen molar-refractivity contribution >= 4 is 6.03 Å². The smallest absolute Gasteiger partial charge is 0.317 e. The van der Waals surface area contributed by atoms with E-state index in [2.05, 4.69) is 5.32 Å². The van der Waals surface area contributed by atoms with E-state index in [9.17, 15) is 9.90 Å². The minimum Gasteiger partial charge on any atom is -0.488 e. The minimum atomic E-state index is -0.282. The molecule has 0 aliphatic heterocycles. The molecule has 0 radical (unpaired) electrons. The molecule has 2 amide bonds. The summed E-state index contributed by atoms with van der Waals surface area (Å²) in [4.78, 5) is 14.0. The molecule has 2 unspecified atom stereocenters. The first-order valence-electron chi connectivity index (χ1n) is 8.70. The molecule has 0 heterocycles. The fourth-order valence-corrected chi connectivity index (χ4v) is 3.05. The van der Waals surface area contributed by atoms with E-state index in [1.807, 2.05) is 45.0 Å². The lowest BCUT2D eigenvalue weighted by Gasteiger charge is -2.25. The summed E-state index contributed by atoms with van der Waals surface area (Å²) in [6.45, 7) is 7.02. The number of nitrogens with zero attached hydrogens (tertiary/aromatic N) is 1. The molecule has 5 nitrogen and oxygen atoms in total. The maximum absolute atomic E-state index is 12.3. The standard InChI is InChI=1S/C19H30N2O3/c1-19(2,3)24-17-11-6-5-8-14(17)12-20-18(23)21(4)13-15-9-7-10-16(15)22/h5-6,8,11,15-16,22H,7,9-10,12-13H2,1-4H3,(H,20,23). The van der Waals surface area contributed by atoms with Gasteiger partial charge in [0.2, 0.25) is 0 Å². The fraction of sp³-hybridized carbons (Fsp3) is 0.632. The van der Waals surface area contributed by atoms with Gasteiger partial charge in [-0.25, -0.2) is 4.79 Å². The molecule has 1 aliphatic rings. The monoisotopic (exact) mass is 334 g/mol. The van der Waals surface area contributed by atoms with Crippen LogP contribution in [0.1, 0.15) is 45.6 Å². The third-order valence-corrected chi connectivity index (χ3v) is 4.29. The van der Waals surface area contributed by atoms with Gasteiger partial charge in [-0.2, -0.15) is 0 Å². The molecular formula is C19H30N2O3. The van der Waals surface area contributed by atoms with Gasteiger partial charge < -0.3 is 20.1 Å². The Morgan fingerprint density at radius 3 is 2.67 bits per heavy atom. The number of carbonyl (C=O) groups is 1. The summed E-state index contributed by atoms with van der Waals surface area (Å²) in [5.41, 5.74) is 0.672. The van der Waals surface area contributed by atoms with Crippen LogP contribution in [0.15, 0.2) is 24.3 Å². The average Bonchev–Trinajstić information content (AvgIpc) is 2.89. The molecule has 1 aliphatic carbocycles. The molecule has 0 aromatic heterocycles. The first kappa shape index (κ1) is 18.6. The van der Waals surface area contributed by atoms with Gasteiger partial charge in [0.25, 0.3) is 0 Å². The van der Waals surface area contributed by atoms with Gasteiger partial charge in [-0.05, 0) is 39.7 Å². The molecule has 134 valence electrons. The second-order valence-electron chi connectivity index (χ2n) is 7.62. The molecule has 24 heavy (non-hydrogen) atoms. The number of ether oxygens (including phenoxy) is 1. The first-order valence-corrected chi connectivity index (χ1v) is 8.70. The van der Waals surface area contributed by atoms with Crippen molar-refractivity contribution in [2.45, 2.75) is 58.3 Å². The molecule has 2 N–H and O–H groups in total. The molecule has 2 rings (SSSR count). The van der Waals surface area contributed by atoms with Gasteiger partial charge in [0.05, 0.1) is 6.10 Å². The van der Waals surface area contributed by atoms with Crippen LogP contribution in [0.5, 0.6) is 5.75 Å². The summed E-state index contributed by atoms with van der Waals surface area (Å²) < 4.78 is 5.95. The van der Waals surface area contributed by atoms with Crippen molar-refractivity contribution in [3.63, 3.8) is 0 Å². The van der Waals surface area contributed by atoms with Crippen molar-refractivity contribution in [2.75, 3.05) is 13.6 Å². The summed E-state index contributed by atoms with van der Waals surface area (Å²) in [6.07, 6.45) is 2.60. The van der Waals surface area contributed by atoms with Crippen LogP contribution >= 0.6 is 0 Å². The van der Waals surface area contributed by atoms with E-state index in [0.717, 1.165) is 30.6 Å². The number of urea groups is 1. The summed E-state index contributed by atoms with van der Waals surface area (Å²) in [7, 11) is 1.78. The third kappa shape index (κ3) is 5.41. The fourth-order valence-electron chi connectivity index (χ4n) is 3.05. The van der Waals surface area contributed by atoms with Crippen LogP contribution in [0.25, 0.3) is 0 Å². The molecule has 1 fully saturated rings. The SMILES string of the molecule is CN(CC1CCCC1O)C(=O)NCc1ccccc1OC(C)(C)C. The zero-order valence-corrected chi connectivity index (χ0v) is 15.2. The average molecular weight is 334 g/mol. The lowest BCUT2D eigenvalue weighted by atomic mass is 10.1. The van der Waals surface area contributed by atoms with Gasteiger partial charge in [0, 0.05) is 31.6 Å². The highest BCUT2D eigenvalue weighted by Gasteiger charge is 2.27. The third-order valence-electron chi connectivity index (χ3n) is 4.29. The predicted molar refractivity (Wildman–Crippen MR) is 95.0 cm³/mol. The number of carbonyl (C=O) groups excluding carboxylic acids is 1. The lowest BCUT2D eigenvalue weighted by Crippen LogP contribution is -2.41. The van der Waals surface area contributed by atoms with Crippen LogP contribution in [-0.4, -0.2) is 41.3 Å². The van der Waals surface area contributed by atoms with Crippen molar-refractivity contribution in [3.8, 4) is 5.75 Å². The van der Waals surface area contributed by atoms with Crippen LogP contribution in [-0.2, 0) is 6.54 Å². The van der Waals surface area contributed by atoms with Gasteiger partial charge >= 0.3 is 6.03 Å². The van der Waals surface area contributed by atoms with Gasteiger partial charge in [-0.15, -0.1) is 0 Å². The Balaban J connectivity index is 1.89. The van der Waals surface area contributed by atoms with Crippen LogP contribution in [0.2, 0.25) is 0 Å². The second kappa shape index (κ2) is 7.88. The number of nitrogens with one attached hydrogen (secondary N) is 1. The molecule has 2 atom stereocenters. The maximum atomic E-state index is 12.3. The highest BCUT2D eigenvalue weighted by molar-refractivity contribution is 5.73. The van der Waals surface area contributed by atoms with Gasteiger partial charge in [-0.1, -0.05) is 24.6 Å². The Morgan fingerprint density at radius 1 is 1.33 bits per heavy atom. The number of para-hydroxylation sites is 1. The zero-order valence-electron chi connectivity index (χ0n) is 15.2. The summed E-state index contributed by atoms with van der Waals surface area (Å²) >= 11 is 0. The number of hydrogen-bond acceptors (Lipinski definition) is 3. The van der Waals surface area contributed by atoms with Crippen LogP contribution in [0, 0.1) is 5.92 Å². The number of aliphatic hydroxyl groups excluding tert-OH is 1. The Hall–Kier alpha value is -1.75. The first-order chi connectivity index (χ1) is 11.3. The van der Waals surface area contributed by atoms with E-state index in [1.54, 1.807) is 11.9 Å². The van der Waals surface area contributed by atoms with Crippen molar-refractivity contribution in [1.29, 1.82) is 0 Å². The largest absolute Gasteiger partial charge is 0.488 e. The zero-order chi connectivity index (χ0) is 17.7. The highest BCUT2D eigenvalue weighted by Crippen LogP contribution is 2.26. The van der Waals surface area contributed by atoms with E-state index in [4.69, 9.17) is 4.74 Å². The van der Waals surface area contributed by atoms with E-state index >= 15 is 0 Å². The number of rotatable bonds is 5. The highest BCUT2D eigenvalue weighted by atomic mass is 16.5. The van der Waals surface area contributed by atoms with Crippen molar-refractivity contribution in [1.82, 2.24) is 10.2 Å². The second-order valence-corrected chi connectivity index (χ2v) is 7.62. The van der Waals surface area contributed by atoms with Gasteiger partial charge in [0.1, 0.15) is 11.4 Å². The minimum absolute atomic E-state index is 0.125. The van der Waals surface area contributed by atoms with Crippen LogP contribution in [0.4, 0.5) is 4.79 Å². The Bertz CT molecular complexity index is 554. The molecule has 0 saturated heterocycles. The summed E-state index contributed by atoms with van der Waals surface area (Å²) in [6, 6.07) is 7.63. The van der Waals surface area contributed by atoms with E-state index in [-0.39, 0.29) is 23.7 Å². The van der Waals surface area contributed by atoms with E-state index in [1.165, 1.54) is 0 Å². The molecule has 1 aromatic rings. The van der Waals surface area contributed by atoms with Crippen molar-refractivity contribution < 1.29 is 14.6 Å². The van der Waals surface area contributed by atoms with E-state index < -0.39 is 0 Å². The van der Waals surface area contributed by atoms with Crippen LogP contribution in [0.3, 0.4) is 0 Å². The van der Waals surface area contributed by atoms with E-state index in [0.29, 0.717) is 13.1 Å². The topological polar surface area (TPSA) is 61.8 Å². The number of amides is 2. The molecular weight excluding hydrogens is 304 g/mol. The normalized spacial score (nSPS) is 20.7. The maximum Gasteiger partial charge on any atom is 0.317 e. The molecule has 5 heteroatoms. The summed E-state index contributed by atoms with van der Waals surface area (Å²) in [5.74, 6) is 0.983. The van der Waals surface area contributed by atoms with Crippen molar-refractivity contribution in [2.24, 2.45) is 5.92 Å². The Morgan fingerprint density at radius 2 is 2.04 bits per heavy atom. The number of aliphatic hydroxyl groups is 1. The van der Waals surface area contributed by atoms with Gasteiger partial charge in [-0.3, -0.25) is 0 Å². The van der Waals surface area contributed by atoms with Crippen molar-refractivity contribution in [3.05, 3.63) is 29.8 Å². The van der Waals surface area contributed by atoms with Crippen LogP contribution < -0.4 is 10.1 Å². The molecule has 1 saturated carbocycles. The Kier molecular flexibility index (Phi) is 6.10. The molecule has 1 aromatic carbocycles. The summed E-state index contributed by atoms with van der Waals surface area (Å²) in [5, 5.41) is 12.8. The van der Waals surface area contributed by atoms with Gasteiger partial charge in [0.15, 0.2) is 0 Å². The molecule has 0 spiro atoms.